The van der Waals surface area contributed by atoms with Crippen LogP contribution in [0.25, 0.3) is 0 Å². The molecule has 0 saturated heterocycles. The normalized spacial score (nSPS) is 10.6. The van der Waals surface area contributed by atoms with Crippen LogP contribution in [0.1, 0.15) is 27.8 Å². The van der Waals surface area contributed by atoms with E-state index in [2.05, 4.69) is 38.2 Å². The van der Waals surface area contributed by atoms with Crippen molar-refractivity contribution in [3.63, 3.8) is 0 Å². The molecule has 0 radical (unpaired) electrons. The van der Waals surface area contributed by atoms with Gasteiger partial charge in [0.05, 0.1) is 5.69 Å². The maximum atomic E-state index is 13.7. The van der Waals surface area contributed by atoms with E-state index in [-0.39, 0.29) is 5.82 Å². The zero-order chi connectivity index (χ0) is 14.0. The van der Waals surface area contributed by atoms with Gasteiger partial charge < -0.3 is 5.32 Å². The highest BCUT2D eigenvalue weighted by atomic mass is 19.1. The summed E-state index contributed by atoms with van der Waals surface area (Å²) in [6.07, 6.45) is 0. The number of hydrogen-bond acceptors (Lipinski definition) is 1. The van der Waals surface area contributed by atoms with Crippen LogP contribution in [0.4, 0.5) is 10.1 Å². The van der Waals surface area contributed by atoms with Crippen molar-refractivity contribution in [2.75, 3.05) is 5.32 Å². The first-order valence-corrected chi connectivity index (χ1v) is 6.54. The first kappa shape index (κ1) is 13.6. The van der Waals surface area contributed by atoms with Gasteiger partial charge in [-0.15, -0.1) is 0 Å². The van der Waals surface area contributed by atoms with Gasteiger partial charge in [0.1, 0.15) is 5.82 Å². The van der Waals surface area contributed by atoms with Gasteiger partial charge in [-0.1, -0.05) is 18.2 Å². The summed E-state index contributed by atoms with van der Waals surface area (Å²) in [6.45, 7) is 8.92. The molecule has 0 aliphatic carbocycles. The monoisotopic (exact) mass is 257 g/mol. The first-order chi connectivity index (χ1) is 8.97. The molecule has 2 heteroatoms. The van der Waals surface area contributed by atoms with Gasteiger partial charge in [-0.05, 0) is 67.6 Å². The van der Waals surface area contributed by atoms with Crippen LogP contribution in [0.3, 0.4) is 0 Å². The van der Waals surface area contributed by atoms with Crippen LogP contribution in [0.5, 0.6) is 0 Å². The van der Waals surface area contributed by atoms with Crippen molar-refractivity contribution < 1.29 is 4.39 Å². The lowest BCUT2D eigenvalue weighted by atomic mass is 10.0. The van der Waals surface area contributed by atoms with E-state index in [1.165, 1.54) is 28.3 Å². The Kier molecular flexibility index (Phi) is 3.89. The van der Waals surface area contributed by atoms with Crippen LogP contribution in [-0.4, -0.2) is 0 Å². The molecule has 0 fully saturated rings. The summed E-state index contributed by atoms with van der Waals surface area (Å²) in [5, 5.41) is 3.18. The molecule has 0 saturated carbocycles. The summed E-state index contributed by atoms with van der Waals surface area (Å²) in [5.74, 6) is -0.202. The number of benzene rings is 2. The van der Waals surface area contributed by atoms with Gasteiger partial charge in [0.25, 0.3) is 0 Å². The SMILES string of the molecule is Cc1ccc(F)c(NCc2cc(C)c(C)cc2C)c1. The van der Waals surface area contributed by atoms with E-state index in [0.29, 0.717) is 12.2 Å². The molecule has 0 atom stereocenters. The third kappa shape index (κ3) is 3.14. The summed E-state index contributed by atoms with van der Waals surface area (Å²) >= 11 is 0. The minimum absolute atomic E-state index is 0.202. The van der Waals surface area contributed by atoms with Gasteiger partial charge in [-0.2, -0.15) is 0 Å². The van der Waals surface area contributed by atoms with Crippen molar-refractivity contribution >= 4 is 5.69 Å². The van der Waals surface area contributed by atoms with Crippen LogP contribution in [-0.2, 0) is 6.54 Å². The van der Waals surface area contributed by atoms with Crippen molar-refractivity contribution in [3.05, 3.63) is 64.0 Å². The van der Waals surface area contributed by atoms with E-state index in [9.17, 15) is 4.39 Å². The number of rotatable bonds is 3. The second-order valence-corrected chi connectivity index (χ2v) is 5.20. The molecule has 0 amide bonds. The number of aryl methyl sites for hydroxylation is 4. The number of anilines is 1. The quantitative estimate of drug-likeness (QED) is 0.842. The highest BCUT2D eigenvalue weighted by Crippen LogP contribution is 2.19. The zero-order valence-electron chi connectivity index (χ0n) is 12.0. The van der Waals surface area contributed by atoms with Crippen molar-refractivity contribution in [2.45, 2.75) is 34.2 Å². The molecule has 100 valence electrons. The van der Waals surface area contributed by atoms with Crippen LogP contribution >= 0.6 is 0 Å². The molecule has 0 unspecified atom stereocenters. The van der Waals surface area contributed by atoms with Gasteiger partial charge in [0.2, 0.25) is 0 Å². The molecule has 2 aromatic carbocycles. The molecular formula is C17H20FN. The lowest BCUT2D eigenvalue weighted by Crippen LogP contribution is -2.04. The number of halogens is 1. The van der Waals surface area contributed by atoms with Crippen LogP contribution in [0.15, 0.2) is 30.3 Å². The highest BCUT2D eigenvalue weighted by Gasteiger charge is 2.05. The van der Waals surface area contributed by atoms with Gasteiger partial charge >= 0.3 is 0 Å². The van der Waals surface area contributed by atoms with Gasteiger partial charge in [-0.25, -0.2) is 4.39 Å². The molecule has 2 aromatic rings. The highest BCUT2D eigenvalue weighted by molar-refractivity contribution is 5.48. The Hall–Kier alpha value is -1.83. The summed E-state index contributed by atoms with van der Waals surface area (Å²) in [7, 11) is 0. The Balaban J connectivity index is 2.19. The van der Waals surface area contributed by atoms with E-state index in [4.69, 9.17) is 0 Å². The minimum Gasteiger partial charge on any atom is -0.379 e. The summed E-state index contributed by atoms with van der Waals surface area (Å²) in [5.41, 5.74) is 6.64. The van der Waals surface area contributed by atoms with E-state index in [1.807, 2.05) is 13.0 Å². The topological polar surface area (TPSA) is 12.0 Å². The van der Waals surface area contributed by atoms with Crippen LogP contribution in [0.2, 0.25) is 0 Å². The van der Waals surface area contributed by atoms with Crippen molar-refractivity contribution in [3.8, 4) is 0 Å². The van der Waals surface area contributed by atoms with E-state index >= 15 is 0 Å². The summed E-state index contributed by atoms with van der Waals surface area (Å²) < 4.78 is 13.7. The Labute approximate surface area is 114 Å². The minimum atomic E-state index is -0.202. The van der Waals surface area contributed by atoms with E-state index in [0.717, 1.165) is 5.56 Å². The van der Waals surface area contributed by atoms with E-state index < -0.39 is 0 Å². The number of hydrogen-bond donors (Lipinski definition) is 1. The largest absolute Gasteiger partial charge is 0.379 e. The lowest BCUT2D eigenvalue weighted by molar-refractivity contribution is 0.629. The van der Waals surface area contributed by atoms with Gasteiger partial charge in [0.15, 0.2) is 0 Å². The van der Waals surface area contributed by atoms with E-state index in [1.54, 1.807) is 6.07 Å². The Bertz CT molecular complexity index is 602. The lowest BCUT2D eigenvalue weighted by Gasteiger charge is -2.12. The number of nitrogens with one attached hydrogen (secondary N) is 1. The standard InChI is InChI=1S/C17H20FN/c1-11-5-6-16(18)17(7-11)19-10-15-9-13(3)12(2)8-14(15)4/h5-9,19H,10H2,1-4H3. The molecule has 1 nitrogen and oxygen atoms in total. The van der Waals surface area contributed by atoms with Crippen molar-refractivity contribution in [1.29, 1.82) is 0 Å². The zero-order valence-corrected chi connectivity index (χ0v) is 12.0. The second kappa shape index (κ2) is 5.43. The Morgan fingerprint density at radius 2 is 1.58 bits per heavy atom. The predicted molar refractivity (Wildman–Crippen MR) is 79.1 cm³/mol. The fourth-order valence-corrected chi connectivity index (χ4v) is 2.18. The van der Waals surface area contributed by atoms with Crippen molar-refractivity contribution in [2.24, 2.45) is 0 Å². The molecule has 0 heterocycles. The average molecular weight is 257 g/mol. The molecular weight excluding hydrogens is 237 g/mol. The average Bonchev–Trinajstić information content (AvgIpc) is 2.36. The fraction of sp³-hybridized carbons (Fsp3) is 0.294. The second-order valence-electron chi connectivity index (χ2n) is 5.20. The summed E-state index contributed by atoms with van der Waals surface area (Å²) in [4.78, 5) is 0. The third-order valence-corrected chi connectivity index (χ3v) is 3.54. The van der Waals surface area contributed by atoms with Crippen LogP contribution < -0.4 is 5.32 Å². The summed E-state index contributed by atoms with van der Waals surface area (Å²) in [6, 6.07) is 9.47. The van der Waals surface area contributed by atoms with Gasteiger partial charge in [-0.3, -0.25) is 0 Å². The molecule has 0 aliphatic rings. The maximum absolute atomic E-state index is 13.7. The maximum Gasteiger partial charge on any atom is 0.146 e. The van der Waals surface area contributed by atoms with Crippen LogP contribution in [0, 0.1) is 33.5 Å². The fourth-order valence-electron chi connectivity index (χ4n) is 2.18. The molecule has 2 rings (SSSR count). The smallest absolute Gasteiger partial charge is 0.146 e. The molecule has 0 spiro atoms. The Morgan fingerprint density at radius 1 is 0.895 bits per heavy atom. The Morgan fingerprint density at radius 3 is 2.32 bits per heavy atom. The molecule has 0 aliphatic heterocycles. The van der Waals surface area contributed by atoms with Gasteiger partial charge in [0, 0.05) is 6.54 Å². The first-order valence-electron chi connectivity index (χ1n) is 6.54. The molecule has 0 bridgehead atoms. The molecule has 19 heavy (non-hydrogen) atoms. The third-order valence-electron chi connectivity index (χ3n) is 3.54. The molecule has 0 aromatic heterocycles. The predicted octanol–water partition coefficient (Wildman–Crippen LogP) is 4.67. The van der Waals surface area contributed by atoms with Crippen molar-refractivity contribution in [1.82, 2.24) is 0 Å². The molecule has 1 N–H and O–H groups in total.